The van der Waals surface area contributed by atoms with Gasteiger partial charge in [0.25, 0.3) is 0 Å². The Labute approximate surface area is 270 Å². The normalized spacial score (nSPS) is 18.3. The van der Waals surface area contributed by atoms with E-state index in [1.807, 2.05) is 97.9 Å². The SMILES string of the molecule is CCOC(=O)C1C(=O)C=C(c2ccccc2)C(C)N1C.O=C(O)C1=CCCN(CCON=C(c2ccccc2)c2ccccc2)C1. The first-order chi connectivity index (χ1) is 22.3. The summed E-state index contributed by atoms with van der Waals surface area (Å²) in [7, 11) is 1.78. The number of carbonyl (C=O) groups is 3. The molecule has 0 saturated carbocycles. The van der Waals surface area contributed by atoms with Crippen LogP contribution >= 0.6 is 0 Å². The van der Waals surface area contributed by atoms with Crippen molar-refractivity contribution in [1.29, 1.82) is 0 Å². The smallest absolute Gasteiger partial charge is 0.332 e. The van der Waals surface area contributed by atoms with Gasteiger partial charge in [-0.15, -0.1) is 0 Å². The van der Waals surface area contributed by atoms with Crippen LogP contribution in [0.15, 0.2) is 114 Å². The van der Waals surface area contributed by atoms with Crippen molar-refractivity contribution in [1.82, 2.24) is 9.80 Å². The number of ether oxygens (including phenoxy) is 1. The second-order valence-corrected chi connectivity index (χ2v) is 11.0. The minimum Gasteiger partial charge on any atom is -0.478 e. The number of rotatable bonds is 10. The van der Waals surface area contributed by atoms with Crippen molar-refractivity contribution in [2.75, 3.05) is 39.9 Å². The van der Waals surface area contributed by atoms with Crippen molar-refractivity contribution < 1.29 is 29.1 Å². The molecule has 0 aromatic heterocycles. The van der Waals surface area contributed by atoms with Crippen LogP contribution < -0.4 is 0 Å². The molecule has 0 saturated heterocycles. The lowest BCUT2D eigenvalue weighted by atomic mass is 9.90. The summed E-state index contributed by atoms with van der Waals surface area (Å²) in [5.41, 5.74) is 5.16. The molecule has 9 nitrogen and oxygen atoms in total. The minimum atomic E-state index is -0.843. The summed E-state index contributed by atoms with van der Waals surface area (Å²) < 4.78 is 4.98. The first-order valence-corrected chi connectivity index (χ1v) is 15.4. The van der Waals surface area contributed by atoms with Crippen LogP contribution in [-0.4, -0.2) is 90.3 Å². The number of hydrogen-bond donors (Lipinski definition) is 1. The maximum atomic E-state index is 12.2. The molecule has 2 heterocycles. The van der Waals surface area contributed by atoms with E-state index in [-0.39, 0.29) is 18.4 Å². The van der Waals surface area contributed by atoms with Crippen LogP contribution in [0.3, 0.4) is 0 Å². The molecule has 0 bridgehead atoms. The van der Waals surface area contributed by atoms with Gasteiger partial charge in [-0.1, -0.05) is 102 Å². The van der Waals surface area contributed by atoms with Crippen molar-refractivity contribution >= 4 is 29.0 Å². The standard InChI is InChI=1S/C21H22N2O3.C16H19NO3/c24-21(25)19-12-7-13-23(16-19)14-15-26-22-20(17-8-3-1-4-9-17)18-10-5-2-6-11-18;1-4-20-16(19)15-14(18)10-13(11(2)17(15)3)12-8-6-5-7-9-12/h1-6,8-12H,7,13-16H2,(H,24,25);5-11,15H,4H2,1-3H3. The van der Waals surface area contributed by atoms with Crippen LogP contribution in [0.25, 0.3) is 5.57 Å². The number of hydrogen-bond acceptors (Lipinski definition) is 8. The molecule has 240 valence electrons. The molecule has 0 amide bonds. The molecule has 3 aromatic rings. The Kier molecular flexibility index (Phi) is 12.6. The number of carboxylic acids is 1. The molecule has 2 unspecified atom stereocenters. The molecular weight excluding hydrogens is 582 g/mol. The number of esters is 1. The largest absolute Gasteiger partial charge is 0.478 e. The Morgan fingerprint density at radius 2 is 1.52 bits per heavy atom. The number of oxime groups is 1. The van der Waals surface area contributed by atoms with E-state index in [0.29, 0.717) is 25.3 Å². The third kappa shape index (κ3) is 9.09. The van der Waals surface area contributed by atoms with Crippen LogP contribution in [-0.2, 0) is 24.0 Å². The van der Waals surface area contributed by atoms with Gasteiger partial charge in [-0.25, -0.2) is 9.59 Å². The lowest BCUT2D eigenvalue weighted by Crippen LogP contribution is -2.52. The molecule has 1 N–H and O–H groups in total. The highest BCUT2D eigenvalue weighted by molar-refractivity contribution is 6.13. The lowest BCUT2D eigenvalue weighted by Gasteiger charge is -2.35. The van der Waals surface area contributed by atoms with Crippen molar-refractivity contribution in [2.45, 2.75) is 32.4 Å². The second kappa shape index (κ2) is 17.0. The van der Waals surface area contributed by atoms with Crippen LogP contribution in [0, 0.1) is 0 Å². The van der Waals surface area contributed by atoms with E-state index in [1.165, 1.54) is 0 Å². The predicted octanol–water partition coefficient (Wildman–Crippen LogP) is 5.08. The molecule has 0 spiro atoms. The Bertz CT molecular complexity index is 1510. The van der Waals surface area contributed by atoms with E-state index in [0.717, 1.165) is 40.9 Å². The summed E-state index contributed by atoms with van der Waals surface area (Å²) in [5, 5.41) is 13.5. The fourth-order valence-corrected chi connectivity index (χ4v) is 5.35. The van der Waals surface area contributed by atoms with Gasteiger partial charge >= 0.3 is 11.9 Å². The number of benzene rings is 3. The van der Waals surface area contributed by atoms with Gasteiger partial charge in [0.2, 0.25) is 0 Å². The minimum absolute atomic E-state index is 0.0236. The fourth-order valence-electron chi connectivity index (χ4n) is 5.35. The summed E-state index contributed by atoms with van der Waals surface area (Å²) >= 11 is 0. The number of nitrogens with zero attached hydrogens (tertiary/aromatic N) is 3. The molecule has 2 aliphatic rings. The molecule has 2 atom stereocenters. The Hall–Kier alpha value is -4.86. The molecule has 0 fully saturated rings. The third-order valence-electron chi connectivity index (χ3n) is 7.91. The zero-order valence-corrected chi connectivity index (χ0v) is 26.5. The average Bonchev–Trinajstić information content (AvgIpc) is 3.08. The monoisotopic (exact) mass is 623 g/mol. The summed E-state index contributed by atoms with van der Waals surface area (Å²) in [6.07, 6.45) is 4.12. The van der Waals surface area contributed by atoms with Crippen LogP contribution in [0.2, 0.25) is 0 Å². The summed E-state index contributed by atoms with van der Waals surface area (Å²) in [4.78, 5) is 44.6. The zero-order chi connectivity index (χ0) is 32.9. The van der Waals surface area contributed by atoms with Crippen molar-refractivity contribution in [3.8, 4) is 0 Å². The van der Waals surface area contributed by atoms with Crippen molar-refractivity contribution in [3.05, 3.63) is 125 Å². The Balaban J connectivity index is 0.000000216. The van der Waals surface area contributed by atoms with Gasteiger partial charge in [0.1, 0.15) is 12.3 Å². The van der Waals surface area contributed by atoms with Gasteiger partial charge < -0.3 is 14.7 Å². The van der Waals surface area contributed by atoms with Gasteiger partial charge in [0.05, 0.1) is 6.61 Å². The van der Waals surface area contributed by atoms with E-state index in [2.05, 4.69) is 10.1 Å². The predicted molar refractivity (Wildman–Crippen MR) is 178 cm³/mol. The fraction of sp³-hybridized carbons (Fsp3) is 0.297. The van der Waals surface area contributed by atoms with E-state index < -0.39 is 18.0 Å². The Morgan fingerprint density at radius 3 is 2.09 bits per heavy atom. The highest BCUT2D eigenvalue weighted by atomic mass is 16.6. The van der Waals surface area contributed by atoms with Crippen LogP contribution in [0.4, 0.5) is 0 Å². The third-order valence-corrected chi connectivity index (χ3v) is 7.91. The van der Waals surface area contributed by atoms with Gasteiger partial charge in [-0.2, -0.15) is 0 Å². The van der Waals surface area contributed by atoms with E-state index in [4.69, 9.17) is 14.7 Å². The highest BCUT2D eigenvalue weighted by Crippen LogP contribution is 2.28. The Morgan fingerprint density at radius 1 is 0.935 bits per heavy atom. The van der Waals surface area contributed by atoms with Crippen LogP contribution in [0.5, 0.6) is 0 Å². The maximum absolute atomic E-state index is 12.2. The first kappa shape index (κ1) is 34.0. The summed E-state index contributed by atoms with van der Waals surface area (Å²) in [6.45, 7) is 6.35. The van der Waals surface area contributed by atoms with E-state index >= 15 is 0 Å². The van der Waals surface area contributed by atoms with Crippen molar-refractivity contribution in [2.24, 2.45) is 5.16 Å². The number of carbonyl (C=O) groups excluding carboxylic acids is 2. The first-order valence-electron chi connectivity index (χ1n) is 15.4. The molecule has 2 aliphatic heterocycles. The molecule has 0 radical (unpaired) electrons. The zero-order valence-electron chi connectivity index (χ0n) is 26.5. The number of ketones is 1. The van der Waals surface area contributed by atoms with Gasteiger partial charge in [-0.05, 0) is 44.5 Å². The maximum Gasteiger partial charge on any atom is 0.332 e. The van der Waals surface area contributed by atoms with Gasteiger partial charge in [0.15, 0.2) is 11.8 Å². The molecular formula is C37H41N3O6. The molecule has 0 aliphatic carbocycles. The lowest BCUT2D eigenvalue weighted by molar-refractivity contribution is -0.152. The topological polar surface area (TPSA) is 109 Å². The van der Waals surface area contributed by atoms with Gasteiger partial charge in [0, 0.05) is 42.4 Å². The summed E-state index contributed by atoms with van der Waals surface area (Å²) in [6, 6.07) is 28.7. The molecule has 5 rings (SSSR count). The number of aliphatic carboxylic acids is 1. The second-order valence-electron chi connectivity index (χ2n) is 11.0. The molecule has 46 heavy (non-hydrogen) atoms. The number of carboxylic acid groups (broad SMARTS) is 1. The van der Waals surface area contributed by atoms with E-state index in [9.17, 15) is 14.4 Å². The summed E-state index contributed by atoms with van der Waals surface area (Å²) in [5.74, 6) is -1.54. The molecule has 9 heteroatoms. The quantitative estimate of drug-likeness (QED) is 0.110. The number of likely N-dealkylation sites (N-methyl/N-ethyl adjacent to an activating group) is 1. The van der Waals surface area contributed by atoms with Gasteiger partial charge in [-0.3, -0.25) is 14.6 Å². The van der Waals surface area contributed by atoms with Crippen LogP contribution in [0.1, 0.15) is 37.0 Å². The van der Waals surface area contributed by atoms with E-state index in [1.54, 1.807) is 31.0 Å². The highest BCUT2D eigenvalue weighted by Gasteiger charge is 2.38. The average molecular weight is 624 g/mol. The molecule has 3 aromatic carbocycles. The van der Waals surface area contributed by atoms with Crippen molar-refractivity contribution in [3.63, 3.8) is 0 Å².